The van der Waals surface area contributed by atoms with E-state index in [2.05, 4.69) is 0 Å². The van der Waals surface area contributed by atoms with Gasteiger partial charge in [-0.25, -0.2) is 0 Å². The highest BCUT2D eigenvalue weighted by Crippen LogP contribution is 2.27. The zero-order valence-electron chi connectivity index (χ0n) is 12.2. The van der Waals surface area contributed by atoms with Crippen LogP contribution in [-0.2, 0) is 4.79 Å². The van der Waals surface area contributed by atoms with Crippen molar-refractivity contribution in [1.29, 1.82) is 0 Å². The minimum atomic E-state index is -0.282. The number of hydrogen-bond acceptors (Lipinski definition) is 3. The summed E-state index contributed by atoms with van der Waals surface area (Å²) in [5, 5.41) is 0. The zero-order chi connectivity index (χ0) is 15.5. The lowest BCUT2D eigenvalue weighted by Gasteiger charge is -2.30. The standard InChI is InChI=1S/C17H18N2O3/c18-16(20)13-6-9-19(10-7-13)17(21)15-14(8-11-22-15)12-4-2-1-3-5-12/h1-5,8,11,13H,6-7,9-10H2,(H2,18,20). The molecule has 2 aromatic rings. The smallest absolute Gasteiger partial charge is 0.290 e. The molecular weight excluding hydrogens is 280 g/mol. The number of piperidine rings is 1. The fraction of sp³-hybridized carbons (Fsp3) is 0.294. The summed E-state index contributed by atoms with van der Waals surface area (Å²) in [7, 11) is 0. The molecule has 1 fully saturated rings. The molecular formula is C17H18N2O3. The molecule has 1 aromatic carbocycles. The molecule has 0 radical (unpaired) electrons. The van der Waals surface area contributed by atoms with Gasteiger partial charge in [0.15, 0.2) is 5.76 Å². The Hall–Kier alpha value is -2.56. The topological polar surface area (TPSA) is 76.5 Å². The lowest BCUT2D eigenvalue weighted by Crippen LogP contribution is -2.41. The Balaban J connectivity index is 1.77. The Bertz CT molecular complexity index is 670. The molecule has 3 rings (SSSR count). The molecule has 0 unspecified atom stereocenters. The minimum Gasteiger partial charge on any atom is -0.459 e. The molecule has 2 N–H and O–H groups in total. The van der Waals surface area contributed by atoms with Gasteiger partial charge in [-0.1, -0.05) is 30.3 Å². The quantitative estimate of drug-likeness (QED) is 0.944. The van der Waals surface area contributed by atoms with E-state index in [1.807, 2.05) is 30.3 Å². The third-order valence-corrected chi connectivity index (χ3v) is 4.13. The van der Waals surface area contributed by atoms with Crippen molar-refractivity contribution in [3.8, 4) is 11.1 Å². The Morgan fingerprint density at radius 1 is 1.09 bits per heavy atom. The van der Waals surface area contributed by atoms with Crippen LogP contribution in [0.5, 0.6) is 0 Å². The number of benzene rings is 1. The Kier molecular flexibility index (Phi) is 3.96. The average Bonchev–Trinajstić information content (AvgIpc) is 3.04. The Morgan fingerprint density at radius 3 is 2.41 bits per heavy atom. The van der Waals surface area contributed by atoms with E-state index in [1.165, 1.54) is 6.26 Å². The maximum absolute atomic E-state index is 12.6. The summed E-state index contributed by atoms with van der Waals surface area (Å²) in [5.41, 5.74) is 7.07. The maximum atomic E-state index is 12.6. The van der Waals surface area contributed by atoms with Crippen LogP contribution >= 0.6 is 0 Å². The first-order valence-corrected chi connectivity index (χ1v) is 7.38. The molecule has 0 atom stereocenters. The van der Waals surface area contributed by atoms with Crippen LogP contribution < -0.4 is 5.73 Å². The van der Waals surface area contributed by atoms with Crippen molar-refractivity contribution in [2.45, 2.75) is 12.8 Å². The molecule has 0 bridgehead atoms. The van der Waals surface area contributed by atoms with Crippen LogP contribution in [0.15, 0.2) is 47.1 Å². The second-order valence-electron chi connectivity index (χ2n) is 5.50. The summed E-state index contributed by atoms with van der Waals surface area (Å²) in [4.78, 5) is 25.6. The number of rotatable bonds is 3. The van der Waals surface area contributed by atoms with Crippen molar-refractivity contribution in [3.05, 3.63) is 48.4 Å². The highest BCUT2D eigenvalue weighted by Gasteiger charge is 2.29. The first-order chi connectivity index (χ1) is 10.7. The second kappa shape index (κ2) is 6.05. The van der Waals surface area contributed by atoms with Gasteiger partial charge in [0.25, 0.3) is 5.91 Å². The first-order valence-electron chi connectivity index (χ1n) is 7.38. The average molecular weight is 298 g/mol. The van der Waals surface area contributed by atoms with E-state index >= 15 is 0 Å². The summed E-state index contributed by atoms with van der Waals surface area (Å²) in [6.45, 7) is 1.06. The van der Waals surface area contributed by atoms with Gasteiger partial charge in [0.05, 0.1) is 6.26 Å². The van der Waals surface area contributed by atoms with Crippen LogP contribution in [0.1, 0.15) is 23.4 Å². The van der Waals surface area contributed by atoms with Crippen LogP contribution in [-0.4, -0.2) is 29.8 Å². The molecule has 5 heteroatoms. The van der Waals surface area contributed by atoms with Crippen molar-refractivity contribution in [2.75, 3.05) is 13.1 Å². The van der Waals surface area contributed by atoms with E-state index in [9.17, 15) is 9.59 Å². The van der Waals surface area contributed by atoms with Gasteiger partial charge in [0, 0.05) is 24.6 Å². The van der Waals surface area contributed by atoms with Crippen molar-refractivity contribution < 1.29 is 14.0 Å². The van der Waals surface area contributed by atoms with Gasteiger partial charge in [-0.15, -0.1) is 0 Å². The fourth-order valence-corrected chi connectivity index (χ4v) is 2.83. The van der Waals surface area contributed by atoms with E-state index in [1.54, 1.807) is 11.0 Å². The third kappa shape index (κ3) is 2.74. The summed E-state index contributed by atoms with van der Waals surface area (Å²) in [5.74, 6) is -0.195. The third-order valence-electron chi connectivity index (χ3n) is 4.13. The minimum absolute atomic E-state index is 0.130. The van der Waals surface area contributed by atoms with Gasteiger partial charge < -0.3 is 15.1 Å². The van der Waals surface area contributed by atoms with E-state index in [4.69, 9.17) is 10.2 Å². The molecule has 5 nitrogen and oxygen atoms in total. The maximum Gasteiger partial charge on any atom is 0.290 e. The van der Waals surface area contributed by atoms with Crippen molar-refractivity contribution in [3.63, 3.8) is 0 Å². The summed E-state index contributed by atoms with van der Waals surface area (Å²) >= 11 is 0. The number of nitrogens with zero attached hydrogens (tertiary/aromatic N) is 1. The predicted octanol–water partition coefficient (Wildman–Crippen LogP) is 2.28. The monoisotopic (exact) mass is 298 g/mol. The molecule has 22 heavy (non-hydrogen) atoms. The van der Waals surface area contributed by atoms with Gasteiger partial charge in [0.2, 0.25) is 5.91 Å². The normalized spacial score (nSPS) is 15.7. The molecule has 1 saturated heterocycles. The van der Waals surface area contributed by atoms with Crippen molar-refractivity contribution in [2.24, 2.45) is 11.7 Å². The van der Waals surface area contributed by atoms with Gasteiger partial charge in [-0.2, -0.15) is 0 Å². The SMILES string of the molecule is NC(=O)C1CCN(C(=O)c2occc2-c2ccccc2)CC1. The molecule has 1 aliphatic heterocycles. The summed E-state index contributed by atoms with van der Waals surface area (Å²) in [6, 6.07) is 11.5. The van der Waals surface area contributed by atoms with E-state index in [0.717, 1.165) is 11.1 Å². The Morgan fingerprint density at radius 2 is 1.77 bits per heavy atom. The highest BCUT2D eigenvalue weighted by atomic mass is 16.3. The largest absolute Gasteiger partial charge is 0.459 e. The number of hydrogen-bond donors (Lipinski definition) is 1. The van der Waals surface area contributed by atoms with Crippen LogP contribution in [0, 0.1) is 5.92 Å². The van der Waals surface area contributed by atoms with E-state index in [0.29, 0.717) is 31.7 Å². The molecule has 1 aliphatic rings. The molecule has 0 saturated carbocycles. The number of carbonyl (C=O) groups is 2. The molecule has 2 amide bonds. The molecule has 114 valence electrons. The fourth-order valence-electron chi connectivity index (χ4n) is 2.83. The predicted molar refractivity (Wildman–Crippen MR) is 82.0 cm³/mol. The Labute approximate surface area is 128 Å². The number of primary amides is 1. The lowest BCUT2D eigenvalue weighted by atomic mass is 9.96. The van der Waals surface area contributed by atoms with Gasteiger partial charge >= 0.3 is 0 Å². The van der Waals surface area contributed by atoms with Crippen LogP contribution in [0.4, 0.5) is 0 Å². The molecule has 1 aromatic heterocycles. The van der Waals surface area contributed by atoms with Gasteiger partial charge in [-0.3, -0.25) is 9.59 Å². The summed E-state index contributed by atoms with van der Waals surface area (Å²) < 4.78 is 5.43. The zero-order valence-corrected chi connectivity index (χ0v) is 12.2. The van der Waals surface area contributed by atoms with Crippen molar-refractivity contribution in [1.82, 2.24) is 4.90 Å². The van der Waals surface area contributed by atoms with Gasteiger partial charge in [0.1, 0.15) is 0 Å². The van der Waals surface area contributed by atoms with Crippen LogP contribution in [0.2, 0.25) is 0 Å². The lowest BCUT2D eigenvalue weighted by molar-refractivity contribution is -0.123. The first kappa shape index (κ1) is 14.4. The molecule has 0 aliphatic carbocycles. The molecule has 0 spiro atoms. The summed E-state index contributed by atoms with van der Waals surface area (Å²) in [6.07, 6.45) is 2.76. The van der Waals surface area contributed by atoms with Crippen LogP contribution in [0.25, 0.3) is 11.1 Å². The number of nitrogens with two attached hydrogens (primary N) is 1. The van der Waals surface area contributed by atoms with Crippen LogP contribution in [0.3, 0.4) is 0 Å². The number of carbonyl (C=O) groups excluding carboxylic acids is 2. The highest BCUT2D eigenvalue weighted by molar-refractivity contribution is 5.98. The van der Waals surface area contributed by atoms with E-state index < -0.39 is 0 Å². The van der Waals surface area contributed by atoms with Crippen molar-refractivity contribution >= 4 is 11.8 Å². The molecule has 2 heterocycles. The number of amides is 2. The number of furan rings is 1. The van der Waals surface area contributed by atoms with Gasteiger partial charge in [-0.05, 0) is 24.5 Å². The second-order valence-corrected chi connectivity index (χ2v) is 5.50. The van der Waals surface area contributed by atoms with E-state index in [-0.39, 0.29) is 17.7 Å². The number of likely N-dealkylation sites (tertiary alicyclic amines) is 1.